The second kappa shape index (κ2) is 11.7. The van der Waals surface area contributed by atoms with Crippen LogP contribution < -0.4 is 9.46 Å². The van der Waals surface area contributed by atoms with E-state index < -0.39 is 27.4 Å². The van der Waals surface area contributed by atoms with Crippen LogP contribution in [0.4, 0.5) is 5.95 Å². The quantitative estimate of drug-likeness (QED) is 0.278. The summed E-state index contributed by atoms with van der Waals surface area (Å²) in [5, 5.41) is 11.5. The van der Waals surface area contributed by atoms with Crippen LogP contribution in [0.1, 0.15) is 68.2 Å². The molecule has 14 heteroatoms. The predicted octanol–water partition coefficient (Wildman–Crippen LogP) is 3.96. The fraction of sp³-hybridized carbons (Fsp3) is 0.462. The molecule has 0 aliphatic rings. The number of aryl methyl sites for hydroxylation is 3. The van der Waals surface area contributed by atoms with Crippen molar-refractivity contribution in [2.24, 2.45) is 0 Å². The van der Waals surface area contributed by atoms with Gasteiger partial charge in [-0.15, -0.1) is 10.2 Å². The van der Waals surface area contributed by atoms with Crippen molar-refractivity contribution in [2.45, 2.75) is 72.0 Å². The van der Waals surface area contributed by atoms with Crippen LogP contribution in [0.3, 0.4) is 0 Å². The van der Waals surface area contributed by atoms with E-state index in [2.05, 4.69) is 35.0 Å². The van der Waals surface area contributed by atoms with Crippen LogP contribution in [-0.2, 0) is 14.8 Å². The molecule has 4 aromatic rings. The molecule has 0 amide bonds. The molecule has 1 N–H and O–H groups in total. The molecule has 0 spiro atoms. The summed E-state index contributed by atoms with van der Waals surface area (Å²) < 4.78 is 48.6. The van der Waals surface area contributed by atoms with Crippen molar-refractivity contribution in [3.63, 3.8) is 0 Å². The van der Waals surface area contributed by atoms with Gasteiger partial charge in [0.05, 0.1) is 24.9 Å². The van der Waals surface area contributed by atoms with Gasteiger partial charge in [-0.05, 0) is 60.1 Å². The summed E-state index contributed by atoms with van der Waals surface area (Å²) in [6.07, 6.45) is 2.04. The van der Waals surface area contributed by atoms with Crippen LogP contribution in [0, 0.1) is 20.8 Å². The lowest BCUT2D eigenvalue weighted by molar-refractivity contribution is 0.00152. The first-order chi connectivity index (χ1) is 18.9. The Morgan fingerprint density at radius 3 is 2.33 bits per heavy atom. The second-order valence-electron chi connectivity index (χ2n) is 9.77. The van der Waals surface area contributed by atoms with Gasteiger partial charge in [0.1, 0.15) is 22.8 Å². The molecule has 0 saturated heterocycles. The second-order valence-corrected chi connectivity index (χ2v) is 11.8. The maximum atomic E-state index is 13.8. The van der Waals surface area contributed by atoms with E-state index in [1.165, 1.54) is 7.11 Å². The summed E-state index contributed by atoms with van der Waals surface area (Å²) in [7, 11) is -2.59. The van der Waals surface area contributed by atoms with Gasteiger partial charge in [0.2, 0.25) is 21.9 Å². The number of hydrogen-bond donors (Lipinski definition) is 1. The van der Waals surface area contributed by atoms with E-state index in [1.54, 1.807) is 49.0 Å². The van der Waals surface area contributed by atoms with Gasteiger partial charge in [0, 0.05) is 24.0 Å². The Labute approximate surface area is 233 Å². The van der Waals surface area contributed by atoms with Crippen molar-refractivity contribution >= 4 is 16.0 Å². The van der Waals surface area contributed by atoms with Crippen molar-refractivity contribution in [1.82, 2.24) is 34.9 Å². The summed E-state index contributed by atoms with van der Waals surface area (Å²) in [5.74, 6) is 1.55. The minimum atomic E-state index is -4.11. The van der Waals surface area contributed by atoms with Gasteiger partial charge in [0.15, 0.2) is 11.6 Å². The first kappa shape index (κ1) is 29.1. The number of pyridine rings is 1. The summed E-state index contributed by atoms with van der Waals surface area (Å²) >= 11 is 0. The SMILES string of the molecule is COc1cccc(-c2nnc(NS(=O)(=O)[C@@H](C)[C@@H](OC(C)C)c3ncc(C)cn3)n2[C@@H](C)c2c(C)noc2C)n1. The third-order valence-electron chi connectivity index (χ3n) is 6.37. The van der Waals surface area contributed by atoms with Crippen LogP contribution in [0.2, 0.25) is 0 Å². The van der Waals surface area contributed by atoms with E-state index in [-0.39, 0.29) is 17.9 Å². The standard InChI is InChI=1S/C26H34N8O5S/c1-14(2)38-23(24-27-12-15(3)13-28-24)19(7)40(35,36)33-26-31-30-25(20-10-9-11-21(29-20)37-8)34(26)17(5)22-16(4)32-39-18(22)6/h9-14,17,19,23H,1-8H3,(H,31,33)/t17-,19-,23+/m0/s1. The molecule has 0 bridgehead atoms. The van der Waals surface area contributed by atoms with Gasteiger partial charge >= 0.3 is 0 Å². The number of sulfonamides is 1. The highest BCUT2D eigenvalue weighted by Crippen LogP contribution is 2.33. The number of rotatable bonds is 11. The zero-order chi connectivity index (χ0) is 29.2. The van der Waals surface area contributed by atoms with Crippen molar-refractivity contribution in [3.05, 3.63) is 59.0 Å². The summed E-state index contributed by atoms with van der Waals surface area (Å²) in [6.45, 7) is 12.5. The minimum absolute atomic E-state index is 0.00732. The molecule has 4 rings (SSSR count). The Bertz CT molecular complexity index is 1550. The maximum Gasteiger partial charge on any atom is 0.240 e. The molecule has 3 atom stereocenters. The minimum Gasteiger partial charge on any atom is -0.481 e. The topological polar surface area (TPSA) is 160 Å². The number of anilines is 1. The van der Waals surface area contributed by atoms with E-state index in [0.717, 1.165) is 11.1 Å². The number of aromatic nitrogens is 7. The van der Waals surface area contributed by atoms with Crippen LogP contribution in [0.15, 0.2) is 35.1 Å². The average Bonchev–Trinajstić information content (AvgIpc) is 3.48. The normalized spacial score (nSPS) is 14.2. The van der Waals surface area contributed by atoms with Crippen LogP contribution in [0.25, 0.3) is 11.5 Å². The molecule has 0 unspecified atom stereocenters. The monoisotopic (exact) mass is 570 g/mol. The van der Waals surface area contributed by atoms with E-state index in [4.69, 9.17) is 14.0 Å². The van der Waals surface area contributed by atoms with Gasteiger partial charge in [-0.25, -0.2) is 23.4 Å². The first-order valence-corrected chi connectivity index (χ1v) is 14.3. The van der Waals surface area contributed by atoms with E-state index in [1.807, 2.05) is 34.6 Å². The van der Waals surface area contributed by atoms with Crippen molar-refractivity contribution in [1.29, 1.82) is 0 Å². The largest absolute Gasteiger partial charge is 0.481 e. The smallest absolute Gasteiger partial charge is 0.240 e. The fourth-order valence-electron chi connectivity index (χ4n) is 4.38. The molecular formula is C26H34N8O5S. The number of nitrogens with zero attached hydrogens (tertiary/aromatic N) is 7. The number of ether oxygens (including phenoxy) is 2. The highest BCUT2D eigenvalue weighted by atomic mass is 32.2. The van der Waals surface area contributed by atoms with E-state index >= 15 is 0 Å². The van der Waals surface area contributed by atoms with E-state index in [9.17, 15) is 8.42 Å². The Morgan fingerprint density at radius 1 is 1.02 bits per heavy atom. The van der Waals surface area contributed by atoms with Crippen molar-refractivity contribution in [3.8, 4) is 17.4 Å². The zero-order valence-electron chi connectivity index (χ0n) is 23.8. The van der Waals surface area contributed by atoms with Gasteiger partial charge < -0.3 is 14.0 Å². The molecule has 40 heavy (non-hydrogen) atoms. The zero-order valence-corrected chi connectivity index (χ0v) is 24.6. The maximum absolute atomic E-state index is 13.8. The van der Waals surface area contributed by atoms with E-state index in [0.29, 0.717) is 28.9 Å². The van der Waals surface area contributed by atoms with Crippen LogP contribution >= 0.6 is 0 Å². The Kier molecular flexibility index (Phi) is 8.49. The molecule has 0 fully saturated rings. The number of nitrogens with one attached hydrogen (secondary N) is 1. The molecule has 0 aliphatic heterocycles. The molecule has 0 saturated carbocycles. The van der Waals surface area contributed by atoms with Gasteiger partial charge in [0.25, 0.3) is 0 Å². The van der Waals surface area contributed by atoms with Crippen molar-refractivity contribution < 1.29 is 22.4 Å². The lowest BCUT2D eigenvalue weighted by Crippen LogP contribution is -2.35. The number of hydrogen-bond acceptors (Lipinski definition) is 11. The average molecular weight is 571 g/mol. The number of methoxy groups -OCH3 is 1. The first-order valence-electron chi connectivity index (χ1n) is 12.8. The van der Waals surface area contributed by atoms with Crippen LogP contribution in [-0.4, -0.2) is 61.8 Å². The fourth-order valence-corrected chi connectivity index (χ4v) is 5.47. The van der Waals surface area contributed by atoms with Gasteiger partial charge in [-0.2, -0.15) is 0 Å². The van der Waals surface area contributed by atoms with Crippen molar-refractivity contribution in [2.75, 3.05) is 11.8 Å². The highest BCUT2D eigenvalue weighted by Gasteiger charge is 2.36. The third kappa shape index (κ3) is 5.97. The molecule has 0 radical (unpaired) electrons. The summed E-state index contributed by atoms with van der Waals surface area (Å²) in [4.78, 5) is 13.2. The predicted molar refractivity (Wildman–Crippen MR) is 147 cm³/mol. The molecule has 0 aromatic carbocycles. The van der Waals surface area contributed by atoms with Crippen LogP contribution in [0.5, 0.6) is 5.88 Å². The summed E-state index contributed by atoms with van der Waals surface area (Å²) in [6, 6.07) is 4.74. The molecule has 4 heterocycles. The lowest BCUT2D eigenvalue weighted by atomic mass is 10.1. The summed E-state index contributed by atoms with van der Waals surface area (Å²) in [5.41, 5.74) is 2.72. The van der Waals surface area contributed by atoms with Gasteiger partial charge in [-0.3, -0.25) is 9.29 Å². The van der Waals surface area contributed by atoms with Gasteiger partial charge in [-0.1, -0.05) is 11.2 Å². The molecule has 0 aliphatic carbocycles. The lowest BCUT2D eigenvalue weighted by Gasteiger charge is -2.26. The Morgan fingerprint density at radius 2 is 1.73 bits per heavy atom. The molecule has 214 valence electrons. The highest BCUT2D eigenvalue weighted by molar-refractivity contribution is 7.93. The molecule has 13 nitrogen and oxygen atoms in total. The Balaban J connectivity index is 1.79. The Hall–Kier alpha value is -3.91. The molecule has 4 aromatic heterocycles. The molecular weight excluding hydrogens is 536 g/mol. The third-order valence-corrected chi connectivity index (χ3v) is 8.07.